The highest BCUT2D eigenvalue weighted by Gasteiger charge is 2.47. The van der Waals surface area contributed by atoms with Gasteiger partial charge in [-0.05, 0) is 25.0 Å². The summed E-state index contributed by atoms with van der Waals surface area (Å²) in [6.45, 7) is 4.11. The van der Waals surface area contributed by atoms with Gasteiger partial charge in [0.1, 0.15) is 11.4 Å². The van der Waals surface area contributed by atoms with Gasteiger partial charge in [-0.2, -0.15) is 0 Å². The Hall–Kier alpha value is -2.08. The predicted molar refractivity (Wildman–Crippen MR) is 87.6 cm³/mol. The number of hydrogen-bond donors (Lipinski definition) is 1. The molecule has 1 aliphatic rings. The Balaban J connectivity index is 2.45. The Morgan fingerprint density at radius 3 is 2.67 bits per heavy atom. The molecule has 1 N–H and O–H groups in total. The van der Waals surface area contributed by atoms with Crippen LogP contribution >= 0.6 is 0 Å². The van der Waals surface area contributed by atoms with Crippen molar-refractivity contribution in [2.75, 3.05) is 13.6 Å². The van der Waals surface area contributed by atoms with Crippen LogP contribution in [0.2, 0.25) is 0 Å². The molecule has 1 aromatic rings. The van der Waals surface area contributed by atoms with E-state index in [1.54, 1.807) is 26.1 Å². The highest BCUT2D eigenvalue weighted by molar-refractivity contribution is 6.01. The van der Waals surface area contributed by atoms with Gasteiger partial charge in [0.05, 0.1) is 13.6 Å². The molecule has 2 unspecified atom stereocenters. The molecular weight excluding hydrogens is 311 g/mol. The van der Waals surface area contributed by atoms with Crippen molar-refractivity contribution in [1.29, 1.82) is 0 Å². The fourth-order valence-electron chi connectivity index (χ4n) is 3.27. The molecule has 1 fully saturated rings. The summed E-state index contributed by atoms with van der Waals surface area (Å²) < 4.78 is 14.1. The van der Waals surface area contributed by atoms with Crippen LogP contribution in [-0.4, -0.2) is 41.8 Å². The molecule has 5 nitrogen and oxygen atoms in total. The molecule has 1 heterocycles. The minimum absolute atomic E-state index is 0.0285. The molecule has 2 rings (SSSR count). The van der Waals surface area contributed by atoms with E-state index in [0.717, 1.165) is 12.8 Å². The lowest BCUT2D eigenvalue weighted by molar-refractivity contribution is -0.846. The summed E-state index contributed by atoms with van der Waals surface area (Å²) in [7, 11) is 1.67. The monoisotopic (exact) mass is 335 g/mol. The lowest BCUT2D eigenvalue weighted by atomic mass is 9.97. The molecule has 0 spiro atoms. The first-order valence-corrected chi connectivity index (χ1v) is 8.30. The summed E-state index contributed by atoms with van der Waals surface area (Å²) in [5.74, 6) is -1.76. The van der Waals surface area contributed by atoms with Gasteiger partial charge in [-0.25, -0.2) is 13.7 Å². The van der Waals surface area contributed by atoms with E-state index in [0.29, 0.717) is 18.5 Å². The third-order valence-electron chi connectivity index (χ3n) is 4.77. The van der Waals surface area contributed by atoms with Crippen molar-refractivity contribution in [3.63, 3.8) is 0 Å². The normalized spacial score (nSPS) is 20.4. The summed E-state index contributed by atoms with van der Waals surface area (Å²) in [5.41, 5.74) is 0.578. The maximum absolute atomic E-state index is 14.3. The van der Waals surface area contributed by atoms with Gasteiger partial charge in [0, 0.05) is 12.8 Å². The molecule has 0 saturated carbocycles. The van der Waals surface area contributed by atoms with Crippen molar-refractivity contribution in [2.45, 2.75) is 45.6 Å². The number of unbranched alkanes of at least 4 members (excludes halogenated alkanes) is 1. The number of carbonyl (C=O) groups excluding carboxylic acids is 3. The first kappa shape index (κ1) is 18.3. The van der Waals surface area contributed by atoms with Crippen LogP contribution < -0.4 is 5.32 Å². The second-order valence-electron chi connectivity index (χ2n) is 6.55. The zero-order valence-electron chi connectivity index (χ0n) is 14.4. The van der Waals surface area contributed by atoms with Gasteiger partial charge in [-0.1, -0.05) is 25.5 Å². The largest absolute Gasteiger partial charge is 0.349 e. The average Bonchev–Trinajstić information content (AvgIpc) is 2.52. The number of likely N-dealkylation sites (N-methyl/N-ethyl adjacent to an activating group) is 1. The number of amides is 3. The Bertz CT molecular complexity index is 654. The van der Waals surface area contributed by atoms with E-state index in [1.807, 2.05) is 6.92 Å². The number of imide groups is 1. The van der Waals surface area contributed by atoms with Crippen LogP contribution in [0.15, 0.2) is 18.2 Å². The molecule has 1 aromatic carbocycles. The number of benzene rings is 1. The van der Waals surface area contributed by atoms with E-state index < -0.39 is 23.7 Å². The van der Waals surface area contributed by atoms with Gasteiger partial charge in [-0.15, -0.1) is 0 Å². The molecular formula is C18H24FN2O3+. The SMILES string of the molecule is CCCC[N+](C)(C(=O)c1c(C)cccc1F)C1CCC(=O)NC1=O. The molecule has 2 atom stereocenters. The molecule has 6 heteroatoms. The first-order valence-electron chi connectivity index (χ1n) is 8.30. The van der Waals surface area contributed by atoms with E-state index in [4.69, 9.17) is 0 Å². The molecule has 0 aliphatic carbocycles. The number of hydrogen-bond acceptors (Lipinski definition) is 3. The van der Waals surface area contributed by atoms with Crippen molar-refractivity contribution < 1.29 is 23.3 Å². The molecule has 3 amide bonds. The van der Waals surface area contributed by atoms with E-state index in [9.17, 15) is 18.8 Å². The average molecular weight is 335 g/mol. The quantitative estimate of drug-likeness (QED) is 0.663. The van der Waals surface area contributed by atoms with Crippen LogP contribution in [0.3, 0.4) is 0 Å². The van der Waals surface area contributed by atoms with Crippen LogP contribution in [0.25, 0.3) is 0 Å². The van der Waals surface area contributed by atoms with Crippen molar-refractivity contribution in [3.05, 3.63) is 35.1 Å². The maximum Gasteiger partial charge on any atom is 0.349 e. The van der Waals surface area contributed by atoms with Crippen LogP contribution in [0, 0.1) is 12.7 Å². The van der Waals surface area contributed by atoms with Gasteiger partial charge < -0.3 is 0 Å². The minimum atomic E-state index is -0.680. The number of aryl methyl sites for hydroxylation is 1. The number of rotatable bonds is 5. The standard InChI is InChI=1S/C18H23FN2O3/c1-4-5-11-21(3,14-9-10-15(22)20-17(14)23)18(24)16-12(2)7-6-8-13(16)19/h6-8,14H,4-5,9-11H2,1-3H3/p+1. The molecule has 1 saturated heterocycles. The smallest absolute Gasteiger partial charge is 0.291 e. The molecule has 0 aromatic heterocycles. The van der Waals surface area contributed by atoms with Crippen LogP contribution in [0.1, 0.15) is 48.5 Å². The number of piperidine rings is 1. The predicted octanol–water partition coefficient (Wildman–Crippen LogP) is 2.33. The van der Waals surface area contributed by atoms with Crippen molar-refractivity contribution in [2.24, 2.45) is 0 Å². The lowest BCUT2D eigenvalue weighted by Gasteiger charge is -2.39. The Labute approximate surface area is 141 Å². The van der Waals surface area contributed by atoms with Gasteiger partial charge in [-0.3, -0.25) is 14.9 Å². The molecule has 24 heavy (non-hydrogen) atoms. The number of carbonyl (C=O) groups is 3. The van der Waals surface area contributed by atoms with Crippen molar-refractivity contribution in [3.8, 4) is 0 Å². The highest BCUT2D eigenvalue weighted by atomic mass is 19.1. The minimum Gasteiger partial charge on any atom is -0.291 e. The van der Waals surface area contributed by atoms with Gasteiger partial charge in [0.25, 0.3) is 5.91 Å². The zero-order chi connectivity index (χ0) is 17.9. The summed E-state index contributed by atoms with van der Waals surface area (Å²) in [4.78, 5) is 37.0. The second-order valence-corrected chi connectivity index (χ2v) is 6.55. The highest BCUT2D eigenvalue weighted by Crippen LogP contribution is 2.26. The van der Waals surface area contributed by atoms with Crippen LogP contribution in [0.4, 0.5) is 4.39 Å². The number of halogens is 1. The summed E-state index contributed by atoms with van der Waals surface area (Å²) >= 11 is 0. The van der Waals surface area contributed by atoms with Gasteiger partial charge in [0.15, 0.2) is 6.04 Å². The van der Waals surface area contributed by atoms with Gasteiger partial charge >= 0.3 is 5.91 Å². The van der Waals surface area contributed by atoms with E-state index >= 15 is 0 Å². The fraction of sp³-hybridized carbons (Fsp3) is 0.500. The number of quaternary nitrogens is 1. The van der Waals surface area contributed by atoms with E-state index in [1.165, 1.54) is 6.07 Å². The zero-order valence-corrected chi connectivity index (χ0v) is 14.4. The topological polar surface area (TPSA) is 63.2 Å². The van der Waals surface area contributed by atoms with E-state index in [-0.39, 0.29) is 22.4 Å². The summed E-state index contributed by atoms with van der Waals surface area (Å²) in [6.07, 6.45) is 2.07. The molecule has 0 radical (unpaired) electrons. The summed E-state index contributed by atoms with van der Waals surface area (Å²) in [5, 5.41) is 2.31. The Morgan fingerprint density at radius 1 is 1.38 bits per heavy atom. The van der Waals surface area contributed by atoms with Gasteiger partial charge in [0.2, 0.25) is 5.91 Å². The lowest BCUT2D eigenvalue weighted by Crippen LogP contribution is -2.64. The number of nitrogens with one attached hydrogen (secondary N) is 1. The second kappa shape index (κ2) is 7.21. The van der Waals surface area contributed by atoms with Crippen LogP contribution in [0.5, 0.6) is 0 Å². The van der Waals surface area contributed by atoms with Crippen LogP contribution in [-0.2, 0) is 9.59 Å². The van der Waals surface area contributed by atoms with Crippen molar-refractivity contribution in [1.82, 2.24) is 5.32 Å². The Kier molecular flexibility index (Phi) is 5.49. The maximum atomic E-state index is 14.3. The van der Waals surface area contributed by atoms with Crippen molar-refractivity contribution >= 4 is 17.7 Å². The Morgan fingerprint density at radius 2 is 2.08 bits per heavy atom. The third-order valence-corrected chi connectivity index (χ3v) is 4.77. The summed E-state index contributed by atoms with van der Waals surface area (Å²) in [6, 6.07) is 3.82. The number of nitrogens with zero attached hydrogens (tertiary/aromatic N) is 1. The third kappa shape index (κ3) is 3.38. The van der Waals surface area contributed by atoms with E-state index in [2.05, 4.69) is 5.32 Å². The molecule has 1 aliphatic heterocycles. The fourth-order valence-corrected chi connectivity index (χ4v) is 3.27. The first-order chi connectivity index (χ1) is 11.3. The molecule has 130 valence electrons. The molecule has 0 bridgehead atoms.